The number of ether oxygens (including phenoxy) is 1. The van der Waals surface area contributed by atoms with Crippen molar-refractivity contribution in [3.63, 3.8) is 0 Å². The van der Waals surface area contributed by atoms with Crippen LogP contribution in [0.1, 0.15) is 30.1 Å². The average molecular weight is 283 g/mol. The minimum absolute atomic E-state index is 0.0129. The molecular weight excluding hydrogens is 261 g/mol. The maximum absolute atomic E-state index is 13.7. The highest BCUT2D eigenvalue weighted by Crippen LogP contribution is 2.22. The zero-order valence-corrected chi connectivity index (χ0v) is 12.2. The molecule has 0 saturated carbocycles. The Morgan fingerprint density at radius 2 is 2.15 bits per heavy atom. The topological polar surface area (TPSA) is 49.8 Å². The Hall–Kier alpha value is -1.46. The van der Waals surface area contributed by atoms with Crippen molar-refractivity contribution in [3.8, 4) is 5.75 Å². The van der Waals surface area contributed by atoms with Gasteiger partial charge in [-0.05, 0) is 32.5 Å². The van der Waals surface area contributed by atoms with E-state index in [1.54, 1.807) is 13.0 Å². The van der Waals surface area contributed by atoms with E-state index in [1.807, 2.05) is 11.9 Å². The van der Waals surface area contributed by atoms with Crippen LogP contribution in [0.3, 0.4) is 0 Å². The number of carbonyl (C=O) groups is 1. The Morgan fingerprint density at radius 3 is 2.75 bits per heavy atom. The lowest BCUT2D eigenvalue weighted by Gasteiger charge is -2.17. The van der Waals surface area contributed by atoms with E-state index in [1.165, 1.54) is 19.2 Å². The predicted molar refractivity (Wildman–Crippen MR) is 75.7 cm³/mol. The molecule has 5 heteroatoms. The number of hydrogen-bond acceptors (Lipinski definition) is 4. The van der Waals surface area contributed by atoms with Crippen LogP contribution in [0, 0.1) is 5.82 Å². The molecule has 0 fully saturated rings. The summed E-state index contributed by atoms with van der Waals surface area (Å²) in [5.41, 5.74) is 0.0129. The molecule has 0 aromatic heterocycles. The van der Waals surface area contributed by atoms with Crippen molar-refractivity contribution in [2.45, 2.75) is 25.9 Å². The first-order chi connectivity index (χ1) is 9.45. The SMILES string of the molecule is COc1cccc(F)c1C(=O)CCN(C)CCC(C)O. The van der Waals surface area contributed by atoms with Crippen molar-refractivity contribution >= 4 is 5.78 Å². The van der Waals surface area contributed by atoms with Crippen LogP contribution in [0.25, 0.3) is 0 Å². The molecule has 0 spiro atoms. The van der Waals surface area contributed by atoms with Crippen molar-refractivity contribution < 1.29 is 19.0 Å². The van der Waals surface area contributed by atoms with Gasteiger partial charge in [0.15, 0.2) is 5.78 Å². The summed E-state index contributed by atoms with van der Waals surface area (Å²) in [5, 5.41) is 9.20. The number of aliphatic hydroxyl groups is 1. The standard InChI is InChI=1S/C15H22FNO3/c1-11(18)7-9-17(2)10-8-13(19)15-12(16)5-4-6-14(15)20-3/h4-6,11,18H,7-10H2,1-3H3. The summed E-state index contributed by atoms with van der Waals surface area (Å²) >= 11 is 0. The van der Waals surface area contributed by atoms with Gasteiger partial charge in [0.05, 0.1) is 18.8 Å². The molecule has 0 amide bonds. The van der Waals surface area contributed by atoms with Gasteiger partial charge in [-0.25, -0.2) is 4.39 Å². The molecular formula is C15H22FNO3. The summed E-state index contributed by atoms with van der Waals surface area (Å²) in [6, 6.07) is 4.35. The van der Waals surface area contributed by atoms with Crippen molar-refractivity contribution in [2.75, 3.05) is 27.2 Å². The minimum Gasteiger partial charge on any atom is -0.496 e. The number of hydrogen-bond donors (Lipinski definition) is 1. The van der Waals surface area contributed by atoms with Gasteiger partial charge in [-0.1, -0.05) is 6.07 Å². The van der Waals surface area contributed by atoms with Gasteiger partial charge in [-0.3, -0.25) is 4.79 Å². The van der Waals surface area contributed by atoms with E-state index < -0.39 is 5.82 Å². The molecule has 4 nitrogen and oxygen atoms in total. The molecule has 0 aliphatic rings. The number of methoxy groups -OCH3 is 1. The molecule has 0 radical (unpaired) electrons. The highest BCUT2D eigenvalue weighted by molar-refractivity contribution is 5.99. The maximum atomic E-state index is 13.7. The zero-order valence-electron chi connectivity index (χ0n) is 12.2. The normalized spacial score (nSPS) is 12.5. The fourth-order valence-electron chi connectivity index (χ4n) is 1.88. The van der Waals surface area contributed by atoms with E-state index in [0.717, 1.165) is 0 Å². The zero-order chi connectivity index (χ0) is 15.1. The van der Waals surface area contributed by atoms with Crippen LogP contribution < -0.4 is 4.74 Å². The second-order valence-corrected chi connectivity index (χ2v) is 4.93. The first-order valence-electron chi connectivity index (χ1n) is 6.68. The summed E-state index contributed by atoms with van der Waals surface area (Å²) in [6.07, 6.45) is 0.501. The predicted octanol–water partition coefficient (Wildman–Crippen LogP) is 2.11. The monoisotopic (exact) mass is 283 g/mol. The minimum atomic E-state index is -0.555. The van der Waals surface area contributed by atoms with Gasteiger partial charge in [0.25, 0.3) is 0 Å². The van der Waals surface area contributed by atoms with Gasteiger partial charge in [-0.2, -0.15) is 0 Å². The molecule has 0 heterocycles. The molecule has 1 N–H and O–H groups in total. The summed E-state index contributed by atoms with van der Waals surface area (Å²) in [4.78, 5) is 14.0. The molecule has 1 aromatic rings. The van der Waals surface area contributed by atoms with Crippen molar-refractivity contribution in [3.05, 3.63) is 29.6 Å². The molecule has 0 aliphatic carbocycles. The lowest BCUT2D eigenvalue weighted by molar-refractivity contribution is 0.0958. The van der Waals surface area contributed by atoms with Gasteiger partial charge in [-0.15, -0.1) is 0 Å². The lowest BCUT2D eigenvalue weighted by atomic mass is 10.1. The largest absolute Gasteiger partial charge is 0.496 e. The van der Waals surface area contributed by atoms with Gasteiger partial charge in [0.1, 0.15) is 11.6 Å². The van der Waals surface area contributed by atoms with Crippen LogP contribution >= 0.6 is 0 Å². The van der Waals surface area contributed by atoms with Gasteiger partial charge in [0.2, 0.25) is 0 Å². The van der Waals surface area contributed by atoms with E-state index in [2.05, 4.69) is 0 Å². The number of halogens is 1. The molecule has 1 atom stereocenters. The molecule has 112 valence electrons. The summed E-state index contributed by atoms with van der Waals surface area (Å²) in [7, 11) is 3.29. The molecule has 0 aliphatic heterocycles. The number of nitrogens with zero attached hydrogens (tertiary/aromatic N) is 1. The summed E-state index contributed by atoms with van der Waals surface area (Å²) < 4.78 is 18.7. The van der Waals surface area contributed by atoms with Crippen molar-refractivity contribution in [1.29, 1.82) is 0 Å². The van der Waals surface area contributed by atoms with Gasteiger partial charge >= 0.3 is 0 Å². The maximum Gasteiger partial charge on any atom is 0.170 e. The number of ketones is 1. The Morgan fingerprint density at radius 1 is 1.45 bits per heavy atom. The summed E-state index contributed by atoms with van der Waals surface area (Å²) in [6.45, 7) is 2.94. The first-order valence-corrected chi connectivity index (χ1v) is 6.68. The molecule has 0 bridgehead atoms. The van der Waals surface area contributed by atoms with Crippen molar-refractivity contribution in [1.82, 2.24) is 4.90 Å². The quantitative estimate of drug-likeness (QED) is 0.742. The first kappa shape index (κ1) is 16.6. The number of aliphatic hydroxyl groups excluding tert-OH is 1. The van der Waals surface area contributed by atoms with Gasteiger partial charge < -0.3 is 14.7 Å². The third-order valence-electron chi connectivity index (χ3n) is 3.12. The van der Waals surface area contributed by atoms with Crippen molar-refractivity contribution in [2.24, 2.45) is 0 Å². The molecule has 20 heavy (non-hydrogen) atoms. The number of Topliss-reactive ketones (excluding diaryl/α,β-unsaturated/α-hetero) is 1. The van der Waals surface area contributed by atoms with E-state index in [-0.39, 0.29) is 29.6 Å². The molecule has 1 rings (SSSR count). The van der Waals surface area contributed by atoms with Crippen LogP contribution in [0.2, 0.25) is 0 Å². The average Bonchev–Trinajstić information content (AvgIpc) is 2.42. The Labute approximate surface area is 119 Å². The second-order valence-electron chi connectivity index (χ2n) is 4.93. The molecule has 1 unspecified atom stereocenters. The van der Waals surface area contributed by atoms with Crippen LogP contribution in [-0.4, -0.2) is 49.1 Å². The highest BCUT2D eigenvalue weighted by Gasteiger charge is 2.17. The van der Waals surface area contributed by atoms with Crippen LogP contribution in [0.5, 0.6) is 5.75 Å². The number of rotatable bonds is 8. The smallest absolute Gasteiger partial charge is 0.170 e. The van der Waals surface area contributed by atoms with E-state index in [9.17, 15) is 14.3 Å². The molecule has 0 saturated heterocycles. The second kappa shape index (κ2) is 7.97. The lowest BCUT2D eigenvalue weighted by Crippen LogP contribution is -2.25. The van der Waals surface area contributed by atoms with Crippen LogP contribution in [0.15, 0.2) is 18.2 Å². The fraction of sp³-hybridized carbons (Fsp3) is 0.533. The number of carbonyl (C=O) groups excluding carboxylic acids is 1. The Bertz CT molecular complexity index is 449. The number of benzene rings is 1. The van der Waals surface area contributed by atoms with Crippen LogP contribution in [0.4, 0.5) is 4.39 Å². The van der Waals surface area contributed by atoms with Crippen LogP contribution in [-0.2, 0) is 0 Å². The third kappa shape index (κ3) is 4.90. The Balaban J connectivity index is 2.59. The highest BCUT2D eigenvalue weighted by atomic mass is 19.1. The van der Waals surface area contributed by atoms with E-state index in [0.29, 0.717) is 19.5 Å². The Kier molecular flexibility index (Phi) is 6.61. The summed E-state index contributed by atoms with van der Waals surface area (Å²) in [5.74, 6) is -0.563. The third-order valence-corrected chi connectivity index (χ3v) is 3.12. The fourth-order valence-corrected chi connectivity index (χ4v) is 1.88. The van der Waals surface area contributed by atoms with Gasteiger partial charge in [0, 0.05) is 19.5 Å². The van der Waals surface area contributed by atoms with E-state index >= 15 is 0 Å². The van der Waals surface area contributed by atoms with E-state index in [4.69, 9.17) is 4.74 Å². The molecule has 1 aromatic carbocycles.